The number of fused-ring (bicyclic) bond motifs is 1. The fourth-order valence-electron chi connectivity index (χ4n) is 2.28. The number of nitrogens with two attached hydrogens (primary N) is 1. The number of rotatable bonds is 2. The molecule has 19 heavy (non-hydrogen) atoms. The molecule has 0 unspecified atom stereocenters. The number of carbonyl (C=O) groups excluding carboxylic acids is 1. The first-order chi connectivity index (χ1) is 9.16. The standard InChI is InChI=1S/C15H12ClNO2/c16-10-4-5-11(13(17)8-10)14(18)12-3-1-2-9-6-7-19-15(9)12/h1-5,8H,6-7,17H2. The zero-order valence-electron chi connectivity index (χ0n) is 10.2. The van der Waals surface area contributed by atoms with Gasteiger partial charge in [-0.1, -0.05) is 23.7 Å². The molecule has 0 saturated heterocycles. The predicted octanol–water partition coefficient (Wildman–Crippen LogP) is 3.09. The largest absolute Gasteiger partial charge is 0.492 e. The second-order valence-corrected chi connectivity index (χ2v) is 4.89. The Morgan fingerprint density at radius 3 is 2.84 bits per heavy atom. The minimum absolute atomic E-state index is 0.132. The van der Waals surface area contributed by atoms with Crippen LogP contribution in [0.3, 0.4) is 0 Å². The number of ketones is 1. The monoisotopic (exact) mass is 273 g/mol. The Morgan fingerprint density at radius 2 is 2.05 bits per heavy atom. The Labute approximate surface area is 115 Å². The summed E-state index contributed by atoms with van der Waals surface area (Å²) in [4.78, 5) is 12.5. The Balaban J connectivity index is 2.08. The molecule has 2 N–H and O–H groups in total. The van der Waals surface area contributed by atoms with Crippen molar-refractivity contribution in [2.75, 3.05) is 12.3 Å². The van der Waals surface area contributed by atoms with Crippen molar-refractivity contribution in [3.8, 4) is 5.75 Å². The Bertz CT molecular complexity index is 667. The minimum atomic E-state index is -0.132. The average molecular weight is 274 g/mol. The maximum absolute atomic E-state index is 12.5. The minimum Gasteiger partial charge on any atom is -0.492 e. The van der Waals surface area contributed by atoms with E-state index in [1.807, 2.05) is 12.1 Å². The van der Waals surface area contributed by atoms with Crippen molar-refractivity contribution in [3.05, 3.63) is 58.1 Å². The van der Waals surface area contributed by atoms with Crippen molar-refractivity contribution in [2.24, 2.45) is 0 Å². The van der Waals surface area contributed by atoms with Gasteiger partial charge in [0.15, 0.2) is 5.78 Å². The quantitative estimate of drug-likeness (QED) is 0.676. The SMILES string of the molecule is Nc1cc(Cl)ccc1C(=O)c1cccc2c1OCC2. The molecule has 1 heterocycles. The maximum Gasteiger partial charge on any atom is 0.198 e. The van der Waals surface area contributed by atoms with Crippen LogP contribution in [0.25, 0.3) is 0 Å². The van der Waals surface area contributed by atoms with Gasteiger partial charge in [-0.2, -0.15) is 0 Å². The van der Waals surface area contributed by atoms with Gasteiger partial charge < -0.3 is 10.5 Å². The lowest BCUT2D eigenvalue weighted by molar-refractivity contribution is 0.103. The summed E-state index contributed by atoms with van der Waals surface area (Å²) < 4.78 is 5.55. The summed E-state index contributed by atoms with van der Waals surface area (Å²) in [6, 6.07) is 10.5. The summed E-state index contributed by atoms with van der Waals surface area (Å²) in [6.45, 7) is 0.621. The number of carbonyl (C=O) groups is 1. The summed E-state index contributed by atoms with van der Waals surface area (Å²) in [5.41, 5.74) is 8.32. The van der Waals surface area contributed by atoms with Gasteiger partial charge >= 0.3 is 0 Å². The van der Waals surface area contributed by atoms with Crippen LogP contribution >= 0.6 is 11.6 Å². The molecule has 1 aliphatic rings. The van der Waals surface area contributed by atoms with Crippen molar-refractivity contribution in [2.45, 2.75) is 6.42 Å². The molecule has 0 spiro atoms. The van der Waals surface area contributed by atoms with Crippen molar-refractivity contribution < 1.29 is 9.53 Å². The first-order valence-corrected chi connectivity index (χ1v) is 6.39. The van der Waals surface area contributed by atoms with E-state index in [1.54, 1.807) is 24.3 Å². The second-order valence-electron chi connectivity index (χ2n) is 4.45. The predicted molar refractivity (Wildman–Crippen MR) is 74.9 cm³/mol. The summed E-state index contributed by atoms with van der Waals surface area (Å²) in [5, 5.41) is 0.517. The highest BCUT2D eigenvalue weighted by atomic mass is 35.5. The summed E-state index contributed by atoms with van der Waals surface area (Å²) in [6.07, 6.45) is 0.840. The number of hydrogen-bond donors (Lipinski definition) is 1. The zero-order valence-corrected chi connectivity index (χ0v) is 10.9. The summed E-state index contributed by atoms with van der Waals surface area (Å²) >= 11 is 5.85. The molecule has 96 valence electrons. The van der Waals surface area contributed by atoms with E-state index in [2.05, 4.69) is 0 Å². The molecule has 0 radical (unpaired) electrons. The van der Waals surface area contributed by atoms with Gasteiger partial charge in [-0.25, -0.2) is 0 Å². The van der Waals surface area contributed by atoms with E-state index in [0.717, 1.165) is 12.0 Å². The van der Waals surface area contributed by atoms with Crippen LogP contribution in [-0.2, 0) is 6.42 Å². The van der Waals surface area contributed by atoms with E-state index in [4.69, 9.17) is 22.1 Å². The maximum atomic E-state index is 12.5. The number of ether oxygens (including phenoxy) is 1. The molecule has 0 fully saturated rings. The number of hydrogen-bond acceptors (Lipinski definition) is 3. The van der Waals surface area contributed by atoms with Crippen molar-refractivity contribution in [3.63, 3.8) is 0 Å². The molecule has 0 amide bonds. The van der Waals surface area contributed by atoms with Crippen LogP contribution in [0.5, 0.6) is 5.75 Å². The fraction of sp³-hybridized carbons (Fsp3) is 0.133. The van der Waals surface area contributed by atoms with E-state index in [9.17, 15) is 4.79 Å². The Kier molecular flexibility index (Phi) is 2.91. The normalized spacial score (nSPS) is 12.9. The molecular formula is C15H12ClNO2. The van der Waals surface area contributed by atoms with Gasteiger partial charge in [-0.15, -0.1) is 0 Å². The first-order valence-electron chi connectivity index (χ1n) is 6.01. The van der Waals surface area contributed by atoms with Crippen LogP contribution < -0.4 is 10.5 Å². The molecule has 3 rings (SSSR count). The molecule has 0 saturated carbocycles. The van der Waals surface area contributed by atoms with Gasteiger partial charge in [0.05, 0.1) is 12.2 Å². The second kappa shape index (κ2) is 4.59. The molecule has 1 aliphatic heterocycles. The summed E-state index contributed by atoms with van der Waals surface area (Å²) in [5.74, 6) is 0.551. The van der Waals surface area contributed by atoms with Gasteiger partial charge in [0.2, 0.25) is 0 Å². The Morgan fingerprint density at radius 1 is 1.21 bits per heavy atom. The van der Waals surface area contributed by atoms with Gasteiger partial charge in [0.25, 0.3) is 0 Å². The van der Waals surface area contributed by atoms with Crippen LogP contribution in [0.15, 0.2) is 36.4 Å². The molecule has 0 aromatic heterocycles. The van der Waals surface area contributed by atoms with Gasteiger partial charge in [-0.3, -0.25) is 4.79 Å². The number of anilines is 1. The number of para-hydroxylation sites is 1. The molecule has 2 aromatic carbocycles. The van der Waals surface area contributed by atoms with E-state index < -0.39 is 0 Å². The lowest BCUT2D eigenvalue weighted by atomic mass is 9.99. The van der Waals surface area contributed by atoms with E-state index in [-0.39, 0.29) is 5.78 Å². The van der Waals surface area contributed by atoms with Crippen LogP contribution in [0.2, 0.25) is 5.02 Å². The zero-order chi connectivity index (χ0) is 13.4. The highest BCUT2D eigenvalue weighted by Crippen LogP contribution is 2.32. The van der Waals surface area contributed by atoms with Gasteiger partial charge in [0, 0.05) is 22.7 Å². The van der Waals surface area contributed by atoms with E-state index in [0.29, 0.717) is 34.2 Å². The average Bonchev–Trinajstić information content (AvgIpc) is 2.86. The van der Waals surface area contributed by atoms with E-state index >= 15 is 0 Å². The smallest absolute Gasteiger partial charge is 0.198 e. The van der Waals surface area contributed by atoms with Gasteiger partial charge in [0.1, 0.15) is 5.75 Å². The number of benzene rings is 2. The van der Waals surface area contributed by atoms with Gasteiger partial charge in [-0.05, 0) is 29.8 Å². The molecule has 0 atom stereocenters. The third-order valence-electron chi connectivity index (χ3n) is 3.22. The van der Waals surface area contributed by atoms with Crippen LogP contribution in [0.1, 0.15) is 21.5 Å². The molecule has 0 aliphatic carbocycles. The molecule has 3 nitrogen and oxygen atoms in total. The van der Waals surface area contributed by atoms with Crippen LogP contribution in [0.4, 0.5) is 5.69 Å². The molecule has 0 bridgehead atoms. The van der Waals surface area contributed by atoms with E-state index in [1.165, 1.54) is 0 Å². The van der Waals surface area contributed by atoms with Crippen LogP contribution in [-0.4, -0.2) is 12.4 Å². The highest BCUT2D eigenvalue weighted by molar-refractivity contribution is 6.31. The first kappa shape index (κ1) is 12.1. The third-order valence-corrected chi connectivity index (χ3v) is 3.45. The lowest BCUT2D eigenvalue weighted by Crippen LogP contribution is -2.07. The lowest BCUT2D eigenvalue weighted by Gasteiger charge is -2.09. The molecular weight excluding hydrogens is 262 g/mol. The Hall–Kier alpha value is -2.00. The van der Waals surface area contributed by atoms with Crippen molar-refractivity contribution in [1.29, 1.82) is 0 Å². The number of nitrogen functional groups attached to an aromatic ring is 1. The number of halogens is 1. The molecule has 4 heteroatoms. The molecule has 2 aromatic rings. The van der Waals surface area contributed by atoms with Crippen LogP contribution in [0, 0.1) is 0 Å². The van der Waals surface area contributed by atoms with Crippen molar-refractivity contribution in [1.82, 2.24) is 0 Å². The fourth-order valence-corrected chi connectivity index (χ4v) is 2.46. The highest BCUT2D eigenvalue weighted by Gasteiger charge is 2.22. The topological polar surface area (TPSA) is 52.3 Å². The summed E-state index contributed by atoms with van der Waals surface area (Å²) in [7, 11) is 0. The third kappa shape index (κ3) is 2.06. The van der Waals surface area contributed by atoms with Crippen molar-refractivity contribution >= 4 is 23.1 Å².